The summed E-state index contributed by atoms with van der Waals surface area (Å²) in [4.78, 5) is 4.49. The molecule has 1 aromatic rings. The molecule has 0 fully saturated rings. The summed E-state index contributed by atoms with van der Waals surface area (Å²) >= 11 is 0. The van der Waals surface area contributed by atoms with Gasteiger partial charge in [-0.1, -0.05) is 37.3 Å². The quantitative estimate of drug-likeness (QED) is 0.603. The summed E-state index contributed by atoms with van der Waals surface area (Å²) in [5.74, 6) is 0.519. The van der Waals surface area contributed by atoms with Crippen LogP contribution in [0, 0.1) is 0 Å². The third-order valence-electron chi connectivity index (χ3n) is 2.30. The molecule has 0 heterocycles. The van der Waals surface area contributed by atoms with Crippen LogP contribution in [0.25, 0.3) is 0 Å². The van der Waals surface area contributed by atoms with Crippen LogP contribution in [0.1, 0.15) is 38.8 Å². The van der Waals surface area contributed by atoms with Gasteiger partial charge in [0.2, 0.25) is 0 Å². The highest BCUT2D eigenvalue weighted by Crippen LogP contribution is 2.19. The molecule has 0 aliphatic carbocycles. The number of aliphatic imine (C=N–C) groups is 1. The van der Waals surface area contributed by atoms with Crippen molar-refractivity contribution in [2.24, 2.45) is 10.7 Å². The molecule has 0 aliphatic rings. The molecule has 1 unspecified atom stereocenters. The lowest BCUT2D eigenvalue weighted by molar-refractivity contribution is 0.672. The SMILES string of the molecule is CCC(N=C(N)NC(C)C)c1ccccc1. The van der Waals surface area contributed by atoms with E-state index in [1.54, 1.807) is 0 Å². The van der Waals surface area contributed by atoms with Crippen molar-refractivity contribution in [3.05, 3.63) is 35.9 Å². The van der Waals surface area contributed by atoms with Crippen LogP contribution in [0.15, 0.2) is 35.3 Å². The Balaban J connectivity index is 2.76. The Labute approximate surface area is 97.8 Å². The van der Waals surface area contributed by atoms with Gasteiger partial charge in [-0.2, -0.15) is 0 Å². The molecule has 1 aromatic carbocycles. The molecular weight excluding hydrogens is 198 g/mol. The highest BCUT2D eigenvalue weighted by Gasteiger charge is 2.07. The second-order valence-electron chi connectivity index (χ2n) is 4.15. The number of nitrogens with zero attached hydrogens (tertiary/aromatic N) is 1. The predicted molar refractivity (Wildman–Crippen MR) is 69.4 cm³/mol. The lowest BCUT2D eigenvalue weighted by atomic mass is 10.1. The monoisotopic (exact) mass is 219 g/mol. The van der Waals surface area contributed by atoms with E-state index in [0.29, 0.717) is 12.0 Å². The van der Waals surface area contributed by atoms with Gasteiger partial charge < -0.3 is 11.1 Å². The molecule has 3 N–H and O–H groups in total. The second kappa shape index (κ2) is 6.16. The van der Waals surface area contributed by atoms with Gasteiger partial charge in [0.05, 0.1) is 6.04 Å². The summed E-state index contributed by atoms with van der Waals surface area (Å²) in [6, 6.07) is 10.7. The minimum Gasteiger partial charge on any atom is -0.370 e. The van der Waals surface area contributed by atoms with Crippen LogP contribution in [0.2, 0.25) is 0 Å². The maximum absolute atomic E-state index is 5.83. The van der Waals surface area contributed by atoms with Crippen LogP contribution < -0.4 is 11.1 Å². The smallest absolute Gasteiger partial charge is 0.189 e. The molecule has 0 aromatic heterocycles. The number of hydrogen-bond donors (Lipinski definition) is 2. The van der Waals surface area contributed by atoms with Gasteiger partial charge in [0.1, 0.15) is 0 Å². The average molecular weight is 219 g/mol. The first kappa shape index (κ1) is 12.6. The first-order chi connectivity index (χ1) is 7.63. The molecule has 3 heteroatoms. The molecular formula is C13H21N3. The van der Waals surface area contributed by atoms with Crippen molar-refractivity contribution in [3.63, 3.8) is 0 Å². The predicted octanol–water partition coefficient (Wildman–Crippen LogP) is 2.45. The summed E-state index contributed by atoms with van der Waals surface area (Å²) < 4.78 is 0. The molecule has 0 aliphatic heterocycles. The van der Waals surface area contributed by atoms with Crippen molar-refractivity contribution in [1.29, 1.82) is 0 Å². The number of rotatable bonds is 4. The number of guanidine groups is 1. The van der Waals surface area contributed by atoms with Gasteiger partial charge in [0, 0.05) is 6.04 Å². The van der Waals surface area contributed by atoms with Crippen molar-refractivity contribution in [2.45, 2.75) is 39.3 Å². The molecule has 0 bridgehead atoms. The zero-order valence-corrected chi connectivity index (χ0v) is 10.3. The number of hydrogen-bond acceptors (Lipinski definition) is 1. The maximum Gasteiger partial charge on any atom is 0.189 e. The fourth-order valence-corrected chi connectivity index (χ4v) is 1.58. The zero-order valence-electron chi connectivity index (χ0n) is 10.3. The summed E-state index contributed by atoms with van der Waals surface area (Å²) in [6.45, 7) is 6.21. The molecule has 0 saturated heterocycles. The van der Waals surface area contributed by atoms with Gasteiger partial charge in [-0.05, 0) is 25.8 Å². The summed E-state index contributed by atoms with van der Waals surface area (Å²) in [5.41, 5.74) is 7.03. The van der Waals surface area contributed by atoms with Crippen molar-refractivity contribution < 1.29 is 0 Å². The van der Waals surface area contributed by atoms with Gasteiger partial charge in [-0.3, -0.25) is 0 Å². The molecule has 1 rings (SSSR count). The van der Waals surface area contributed by atoms with E-state index in [1.165, 1.54) is 5.56 Å². The van der Waals surface area contributed by atoms with Crippen LogP contribution in [0.3, 0.4) is 0 Å². The summed E-state index contributed by atoms with van der Waals surface area (Å²) in [7, 11) is 0. The minimum atomic E-state index is 0.146. The molecule has 16 heavy (non-hydrogen) atoms. The highest BCUT2D eigenvalue weighted by molar-refractivity contribution is 5.78. The standard InChI is InChI=1S/C13H21N3/c1-4-12(11-8-6-5-7-9-11)16-13(14)15-10(2)3/h5-10,12H,4H2,1-3H3,(H3,14,15,16). The Morgan fingerprint density at radius 2 is 1.94 bits per heavy atom. The molecule has 1 atom stereocenters. The largest absolute Gasteiger partial charge is 0.370 e. The third kappa shape index (κ3) is 3.93. The van der Waals surface area contributed by atoms with E-state index in [9.17, 15) is 0 Å². The van der Waals surface area contributed by atoms with Crippen LogP contribution in [-0.4, -0.2) is 12.0 Å². The Morgan fingerprint density at radius 1 is 1.31 bits per heavy atom. The molecule has 3 nitrogen and oxygen atoms in total. The van der Waals surface area contributed by atoms with Crippen molar-refractivity contribution in [1.82, 2.24) is 5.32 Å². The Kier molecular flexibility index (Phi) is 4.83. The first-order valence-electron chi connectivity index (χ1n) is 5.78. The van der Waals surface area contributed by atoms with Crippen LogP contribution >= 0.6 is 0 Å². The van der Waals surface area contributed by atoms with E-state index in [-0.39, 0.29) is 6.04 Å². The Hall–Kier alpha value is -1.51. The molecule has 0 radical (unpaired) electrons. The normalized spacial score (nSPS) is 13.9. The lowest BCUT2D eigenvalue weighted by Gasteiger charge is -2.14. The van der Waals surface area contributed by atoms with Crippen molar-refractivity contribution in [2.75, 3.05) is 0 Å². The fraction of sp³-hybridized carbons (Fsp3) is 0.462. The molecule has 0 spiro atoms. The van der Waals surface area contributed by atoms with Gasteiger partial charge in [0.15, 0.2) is 5.96 Å². The Morgan fingerprint density at radius 3 is 2.44 bits per heavy atom. The van der Waals surface area contributed by atoms with E-state index in [2.05, 4.69) is 29.4 Å². The van der Waals surface area contributed by atoms with E-state index in [1.807, 2.05) is 32.0 Å². The van der Waals surface area contributed by atoms with E-state index in [0.717, 1.165) is 6.42 Å². The topological polar surface area (TPSA) is 50.4 Å². The Bertz CT molecular complexity index is 330. The number of nitrogens with one attached hydrogen (secondary N) is 1. The van der Waals surface area contributed by atoms with Gasteiger partial charge in [0.25, 0.3) is 0 Å². The maximum atomic E-state index is 5.83. The third-order valence-corrected chi connectivity index (χ3v) is 2.30. The van der Waals surface area contributed by atoms with E-state index >= 15 is 0 Å². The number of benzene rings is 1. The zero-order chi connectivity index (χ0) is 12.0. The lowest BCUT2D eigenvalue weighted by Crippen LogP contribution is -2.37. The van der Waals surface area contributed by atoms with Crippen molar-refractivity contribution in [3.8, 4) is 0 Å². The van der Waals surface area contributed by atoms with Crippen LogP contribution in [0.4, 0.5) is 0 Å². The average Bonchev–Trinajstić information content (AvgIpc) is 2.26. The highest BCUT2D eigenvalue weighted by atomic mass is 15.1. The summed E-state index contributed by atoms with van der Waals surface area (Å²) in [5, 5.41) is 3.11. The van der Waals surface area contributed by atoms with Crippen molar-refractivity contribution >= 4 is 5.96 Å². The second-order valence-corrected chi connectivity index (χ2v) is 4.15. The van der Waals surface area contributed by atoms with Gasteiger partial charge in [-0.25, -0.2) is 4.99 Å². The molecule has 88 valence electrons. The minimum absolute atomic E-state index is 0.146. The summed E-state index contributed by atoms with van der Waals surface area (Å²) in [6.07, 6.45) is 0.949. The van der Waals surface area contributed by atoms with Crippen LogP contribution in [0.5, 0.6) is 0 Å². The van der Waals surface area contributed by atoms with Gasteiger partial charge in [-0.15, -0.1) is 0 Å². The number of nitrogens with two attached hydrogens (primary N) is 1. The van der Waals surface area contributed by atoms with Gasteiger partial charge >= 0.3 is 0 Å². The first-order valence-corrected chi connectivity index (χ1v) is 5.78. The fourth-order valence-electron chi connectivity index (χ4n) is 1.58. The van der Waals surface area contributed by atoms with E-state index in [4.69, 9.17) is 5.73 Å². The van der Waals surface area contributed by atoms with Crippen LogP contribution in [-0.2, 0) is 0 Å². The van der Waals surface area contributed by atoms with E-state index < -0.39 is 0 Å². The molecule has 0 saturated carbocycles. The molecule has 0 amide bonds.